The second-order valence-corrected chi connectivity index (χ2v) is 6.68. The maximum Gasteiger partial charge on any atom is 0.257 e. The van der Waals surface area contributed by atoms with Crippen LogP contribution in [0.4, 0.5) is 0 Å². The molecule has 0 aromatic heterocycles. The van der Waals surface area contributed by atoms with E-state index in [-0.39, 0.29) is 5.91 Å². The summed E-state index contributed by atoms with van der Waals surface area (Å²) >= 11 is 0. The number of fused-ring (bicyclic) bond motifs is 1. The maximum absolute atomic E-state index is 12.8. The van der Waals surface area contributed by atoms with Crippen LogP contribution < -0.4 is 10.1 Å². The fourth-order valence-corrected chi connectivity index (χ4v) is 3.05. The molecule has 0 saturated carbocycles. The molecule has 4 nitrogen and oxygen atoms in total. The van der Waals surface area contributed by atoms with Crippen LogP contribution in [0.1, 0.15) is 50.4 Å². The molecule has 1 heterocycles. The third-order valence-corrected chi connectivity index (χ3v) is 4.27. The zero-order valence-electron chi connectivity index (χ0n) is 14.7. The summed E-state index contributed by atoms with van der Waals surface area (Å²) < 4.78 is 6.03. The lowest BCUT2D eigenvalue weighted by atomic mass is 10.0. The number of carbonyl (C=O) groups excluding carboxylic acids is 1. The lowest BCUT2D eigenvalue weighted by Crippen LogP contribution is -2.38. The van der Waals surface area contributed by atoms with Gasteiger partial charge < -0.3 is 15.0 Å². The molecule has 1 aliphatic rings. The highest BCUT2D eigenvalue weighted by atomic mass is 16.5. The Kier molecular flexibility index (Phi) is 6.90. The molecule has 23 heavy (non-hydrogen) atoms. The molecule has 0 bridgehead atoms. The van der Waals surface area contributed by atoms with Crippen LogP contribution in [0.3, 0.4) is 0 Å². The smallest absolute Gasteiger partial charge is 0.257 e. The molecule has 1 aromatic carbocycles. The Morgan fingerprint density at radius 3 is 2.83 bits per heavy atom. The number of nitrogens with one attached hydrogen (secondary N) is 1. The number of hydrogen-bond donors (Lipinski definition) is 1. The molecule has 0 fully saturated rings. The molecule has 1 aromatic rings. The van der Waals surface area contributed by atoms with E-state index in [9.17, 15) is 4.79 Å². The van der Waals surface area contributed by atoms with Crippen molar-refractivity contribution < 1.29 is 9.53 Å². The second-order valence-electron chi connectivity index (χ2n) is 6.68. The highest BCUT2D eigenvalue weighted by Crippen LogP contribution is 2.21. The number of benzene rings is 1. The van der Waals surface area contributed by atoms with Crippen molar-refractivity contribution in [1.29, 1.82) is 0 Å². The summed E-state index contributed by atoms with van der Waals surface area (Å²) in [6.07, 6.45) is 3.20. The molecule has 4 heteroatoms. The van der Waals surface area contributed by atoms with Crippen molar-refractivity contribution in [3.05, 3.63) is 29.8 Å². The summed E-state index contributed by atoms with van der Waals surface area (Å²) in [4.78, 5) is 14.7. The molecule has 1 amide bonds. The molecule has 0 spiro atoms. The highest BCUT2D eigenvalue weighted by Gasteiger charge is 2.20. The molecular formula is C19H30N2O2. The van der Waals surface area contributed by atoms with E-state index in [0.717, 1.165) is 38.9 Å². The Labute approximate surface area is 140 Å². The largest absolute Gasteiger partial charge is 0.491 e. The van der Waals surface area contributed by atoms with E-state index in [2.05, 4.69) is 19.2 Å². The van der Waals surface area contributed by atoms with E-state index in [1.54, 1.807) is 0 Å². The number of hydrogen-bond acceptors (Lipinski definition) is 3. The lowest BCUT2D eigenvalue weighted by molar-refractivity contribution is 0.0754. The van der Waals surface area contributed by atoms with E-state index in [1.807, 2.05) is 36.1 Å². The third-order valence-electron chi connectivity index (χ3n) is 4.27. The summed E-state index contributed by atoms with van der Waals surface area (Å²) in [7, 11) is 0. The molecular weight excluding hydrogens is 288 g/mol. The highest BCUT2D eigenvalue weighted by molar-refractivity contribution is 5.96. The number of amides is 1. The standard InChI is InChI=1S/C19H30N2O2/c1-4-21-12-8-7-11-20-16(13-15(2)3)14-23-18-10-6-5-9-17(18)19(21)22/h5-6,9-10,15-16,20H,4,7-8,11-14H2,1-3H3/t16-/m0/s1. The third kappa shape index (κ3) is 5.24. The SMILES string of the molecule is CCN1CCCCN[C@@H](CC(C)C)COc2ccccc2C1=O. The molecule has 128 valence electrons. The molecule has 0 unspecified atom stereocenters. The lowest BCUT2D eigenvalue weighted by Gasteiger charge is -2.26. The average Bonchev–Trinajstić information content (AvgIpc) is 2.54. The fraction of sp³-hybridized carbons (Fsp3) is 0.632. The quantitative estimate of drug-likeness (QED) is 0.929. The van der Waals surface area contributed by atoms with Crippen LogP contribution >= 0.6 is 0 Å². The summed E-state index contributed by atoms with van der Waals surface area (Å²) in [6, 6.07) is 7.94. The summed E-state index contributed by atoms with van der Waals surface area (Å²) in [5, 5.41) is 3.62. The van der Waals surface area contributed by atoms with Crippen molar-refractivity contribution in [1.82, 2.24) is 10.2 Å². The summed E-state index contributed by atoms with van der Waals surface area (Å²) in [5.41, 5.74) is 0.679. The first-order valence-corrected chi connectivity index (χ1v) is 8.86. The van der Waals surface area contributed by atoms with E-state index >= 15 is 0 Å². The van der Waals surface area contributed by atoms with Gasteiger partial charge in [0.1, 0.15) is 12.4 Å². The number of para-hydroxylation sites is 1. The molecule has 2 rings (SSSR count). The van der Waals surface area contributed by atoms with Crippen molar-refractivity contribution in [2.45, 2.75) is 46.1 Å². The van der Waals surface area contributed by atoms with Gasteiger partial charge in [0.25, 0.3) is 5.91 Å². The molecule has 0 radical (unpaired) electrons. The summed E-state index contributed by atoms with van der Waals surface area (Å²) in [5.74, 6) is 1.40. The molecule has 0 saturated heterocycles. The monoisotopic (exact) mass is 318 g/mol. The average molecular weight is 318 g/mol. The number of nitrogens with zero attached hydrogens (tertiary/aromatic N) is 1. The molecule has 1 N–H and O–H groups in total. The van der Waals surface area contributed by atoms with Gasteiger partial charge in [-0.25, -0.2) is 0 Å². The van der Waals surface area contributed by atoms with Gasteiger partial charge in [-0.2, -0.15) is 0 Å². The van der Waals surface area contributed by atoms with E-state index < -0.39 is 0 Å². The molecule has 1 aliphatic heterocycles. The van der Waals surface area contributed by atoms with Crippen LogP contribution in [0.5, 0.6) is 5.75 Å². The zero-order chi connectivity index (χ0) is 16.7. The van der Waals surface area contributed by atoms with Crippen LogP contribution in [-0.2, 0) is 0 Å². The first-order valence-electron chi connectivity index (χ1n) is 8.86. The number of rotatable bonds is 3. The Bertz CT molecular complexity index is 502. The number of carbonyl (C=O) groups is 1. The van der Waals surface area contributed by atoms with Gasteiger partial charge in [-0.3, -0.25) is 4.79 Å². The predicted octanol–water partition coefficient (Wildman–Crippen LogP) is 3.33. The Hall–Kier alpha value is -1.55. The van der Waals surface area contributed by atoms with Crippen LogP contribution in [0.25, 0.3) is 0 Å². The first-order chi connectivity index (χ1) is 11.1. The Morgan fingerprint density at radius 2 is 2.09 bits per heavy atom. The van der Waals surface area contributed by atoms with Crippen molar-refractivity contribution in [2.75, 3.05) is 26.2 Å². The minimum absolute atomic E-state index is 0.0806. The van der Waals surface area contributed by atoms with E-state index in [0.29, 0.717) is 29.9 Å². The van der Waals surface area contributed by atoms with Crippen LogP contribution in [0.15, 0.2) is 24.3 Å². The van der Waals surface area contributed by atoms with Gasteiger partial charge in [0, 0.05) is 19.1 Å². The van der Waals surface area contributed by atoms with Gasteiger partial charge in [0.05, 0.1) is 5.56 Å². The van der Waals surface area contributed by atoms with Gasteiger partial charge in [-0.15, -0.1) is 0 Å². The van der Waals surface area contributed by atoms with Crippen molar-refractivity contribution >= 4 is 5.91 Å². The van der Waals surface area contributed by atoms with E-state index in [1.165, 1.54) is 0 Å². The zero-order valence-corrected chi connectivity index (χ0v) is 14.7. The summed E-state index contributed by atoms with van der Waals surface area (Å²) in [6.45, 7) is 9.62. The number of ether oxygens (including phenoxy) is 1. The van der Waals surface area contributed by atoms with Gasteiger partial charge in [-0.05, 0) is 50.8 Å². The second kappa shape index (κ2) is 8.92. The molecule has 1 atom stereocenters. The predicted molar refractivity (Wildman–Crippen MR) is 94.0 cm³/mol. The first kappa shape index (κ1) is 17.8. The maximum atomic E-state index is 12.8. The van der Waals surface area contributed by atoms with Crippen LogP contribution in [0.2, 0.25) is 0 Å². The topological polar surface area (TPSA) is 41.6 Å². The minimum Gasteiger partial charge on any atom is -0.491 e. The van der Waals surface area contributed by atoms with Gasteiger partial charge in [0.2, 0.25) is 0 Å². The van der Waals surface area contributed by atoms with Crippen molar-refractivity contribution in [2.24, 2.45) is 5.92 Å². The van der Waals surface area contributed by atoms with Crippen molar-refractivity contribution in [3.63, 3.8) is 0 Å². The normalized spacial score (nSPS) is 20.4. The van der Waals surface area contributed by atoms with Gasteiger partial charge in [0.15, 0.2) is 0 Å². The fourth-order valence-electron chi connectivity index (χ4n) is 3.05. The van der Waals surface area contributed by atoms with Crippen LogP contribution in [0, 0.1) is 5.92 Å². The minimum atomic E-state index is 0.0806. The van der Waals surface area contributed by atoms with Crippen LogP contribution in [-0.4, -0.2) is 43.1 Å². The van der Waals surface area contributed by atoms with E-state index in [4.69, 9.17) is 4.74 Å². The Balaban J connectivity index is 2.20. The van der Waals surface area contributed by atoms with Gasteiger partial charge >= 0.3 is 0 Å². The Morgan fingerprint density at radius 1 is 1.30 bits per heavy atom. The van der Waals surface area contributed by atoms with Gasteiger partial charge in [-0.1, -0.05) is 26.0 Å². The van der Waals surface area contributed by atoms with Crippen molar-refractivity contribution in [3.8, 4) is 5.75 Å². The molecule has 0 aliphatic carbocycles.